The Morgan fingerprint density at radius 3 is 2.67 bits per heavy atom. The van der Waals surface area contributed by atoms with Crippen molar-refractivity contribution >= 4 is 11.6 Å². The summed E-state index contributed by atoms with van der Waals surface area (Å²) in [7, 11) is 0. The van der Waals surface area contributed by atoms with E-state index >= 15 is 0 Å². The van der Waals surface area contributed by atoms with Crippen LogP contribution in [0.15, 0.2) is 18.2 Å². The van der Waals surface area contributed by atoms with Crippen LogP contribution in [0.1, 0.15) is 26.3 Å². The predicted octanol–water partition coefficient (Wildman–Crippen LogP) is 3.20. The summed E-state index contributed by atoms with van der Waals surface area (Å²) < 4.78 is 5.45. The van der Waals surface area contributed by atoms with E-state index in [2.05, 4.69) is 19.2 Å². The van der Waals surface area contributed by atoms with Crippen molar-refractivity contribution in [2.24, 2.45) is 5.92 Å². The summed E-state index contributed by atoms with van der Waals surface area (Å²) in [6.07, 6.45) is 0. The van der Waals surface area contributed by atoms with Gasteiger partial charge in [-0.05, 0) is 25.0 Å². The van der Waals surface area contributed by atoms with Gasteiger partial charge in [0.2, 0.25) is 0 Å². The lowest BCUT2D eigenvalue weighted by atomic mass is 10.0. The summed E-state index contributed by atoms with van der Waals surface area (Å²) >= 11 is 6.07. The van der Waals surface area contributed by atoms with Crippen molar-refractivity contribution in [1.82, 2.24) is 5.32 Å². The molecule has 0 aliphatic carbocycles. The van der Waals surface area contributed by atoms with Crippen molar-refractivity contribution in [2.45, 2.75) is 33.4 Å². The zero-order chi connectivity index (χ0) is 13.5. The Kier molecular flexibility index (Phi) is 6.47. The van der Waals surface area contributed by atoms with Gasteiger partial charge in [0.1, 0.15) is 5.75 Å². The topological polar surface area (TPSA) is 41.5 Å². The highest BCUT2D eigenvalue weighted by atomic mass is 35.5. The largest absolute Gasteiger partial charge is 0.508 e. The summed E-state index contributed by atoms with van der Waals surface area (Å²) in [6.45, 7) is 8.19. The van der Waals surface area contributed by atoms with Crippen molar-refractivity contribution in [3.8, 4) is 5.75 Å². The van der Waals surface area contributed by atoms with Gasteiger partial charge in [0.15, 0.2) is 0 Å². The molecule has 0 bridgehead atoms. The number of benzene rings is 1. The van der Waals surface area contributed by atoms with E-state index in [9.17, 15) is 5.11 Å². The first kappa shape index (κ1) is 15.3. The first-order chi connectivity index (χ1) is 8.56. The second-order valence-corrected chi connectivity index (χ2v) is 5.04. The zero-order valence-electron chi connectivity index (χ0n) is 11.2. The van der Waals surface area contributed by atoms with Gasteiger partial charge in [-0.1, -0.05) is 31.5 Å². The standard InChI is InChI=1S/C14H22ClNO2/c1-4-18-9-13(10(2)3)16-8-11-12(15)6-5-7-14(11)17/h5-7,10,13,16-17H,4,8-9H2,1-3H3. The van der Waals surface area contributed by atoms with Crippen LogP contribution in [-0.2, 0) is 11.3 Å². The molecule has 18 heavy (non-hydrogen) atoms. The van der Waals surface area contributed by atoms with E-state index in [1.54, 1.807) is 18.2 Å². The van der Waals surface area contributed by atoms with Gasteiger partial charge in [0.25, 0.3) is 0 Å². The highest BCUT2D eigenvalue weighted by Gasteiger charge is 2.14. The number of phenols is 1. The minimum Gasteiger partial charge on any atom is -0.508 e. The van der Waals surface area contributed by atoms with E-state index in [0.717, 1.165) is 5.56 Å². The number of halogens is 1. The van der Waals surface area contributed by atoms with Crippen LogP contribution in [0.5, 0.6) is 5.75 Å². The van der Waals surface area contributed by atoms with E-state index in [1.807, 2.05) is 6.92 Å². The first-order valence-corrected chi connectivity index (χ1v) is 6.71. The fourth-order valence-corrected chi connectivity index (χ4v) is 1.92. The molecule has 0 aromatic heterocycles. The third-order valence-corrected chi connectivity index (χ3v) is 3.30. The molecule has 0 radical (unpaired) electrons. The van der Waals surface area contributed by atoms with E-state index in [1.165, 1.54) is 0 Å². The molecule has 3 nitrogen and oxygen atoms in total. The summed E-state index contributed by atoms with van der Waals surface area (Å²) in [6, 6.07) is 5.42. The van der Waals surface area contributed by atoms with Crippen LogP contribution >= 0.6 is 11.6 Å². The van der Waals surface area contributed by atoms with Gasteiger partial charge >= 0.3 is 0 Å². The monoisotopic (exact) mass is 271 g/mol. The zero-order valence-corrected chi connectivity index (χ0v) is 12.0. The van der Waals surface area contributed by atoms with Gasteiger partial charge in [-0.2, -0.15) is 0 Å². The average molecular weight is 272 g/mol. The van der Waals surface area contributed by atoms with Gasteiger partial charge in [0, 0.05) is 29.8 Å². The Morgan fingerprint density at radius 2 is 2.11 bits per heavy atom. The van der Waals surface area contributed by atoms with Gasteiger partial charge in [0.05, 0.1) is 6.61 Å². The average Bonchev–Trinajstić information content (AvgIpc) is 2.31. The van der Waals surface area contributed by atoms with Crippen LogP contribution in [0, 0.1) is 5.92 Å². The molecule has 0 saturated carbocycles. The molecule has 0 fully saturated rings. The summed E-state index contributed by atoms with van der Waals surface area (Å²) in [4.78, 5) is 0. The van der Waals surface area contributed by atoms with Crippen LogP contribution < -0.4 is 5.32 Å². The quantitative estimate of drug-likeness (QED) is 0.800. The number of hydrogen-bond donors (Lipinski definition) is 2. The van der Waals surface area contributed by atoms with Crippen molar-refractivity contribution in [1.29, 1.82) is 0 Å². The molecule has 0 aliphatic heterocycles. The van der Waals surface area contributed by atoms with Crippen LogP contribution in [-0.4, -0.2) is 24.4 Å². The molecule has 1 unspecified atom stereocenters. The molecule has 1 aromatic carbocycles. The van der Waals surface area contributed by atoms with E-state index < -0.39 is 0 Å². The van der Waals surface area contributed by atoms with Gasteiger partial charge in [-0.15, -0.1) is 0 Å². The highest BCUT2D eigenvalue weighted by Crippen LogP contribution is 2.25. The number of rotatable bonds is 7. The maximum absolute atomic E-state index is 9.76. The molecular weight excluding hydrogens is 250 g/mol. The lowest BCUT2D eigenvalue weighted by Gasteiger charge is -2.22. The minimum atomic E-state index is 0.230. The highest BCUT2D eigenvalue weighted by molar-refractivity contribution is 6.31. The molecule has 1 aromatic rings. The molecule has 2 N–H and O–H groups in total. The Morgan fingerprint density at radius 1 is 1.39 bits per heavy atom. The molecule has 4 heteroatoms. The number of phenolic OH excluding ortho intramolecular Hbond substituents is 1. The molecule has 0 aliphatic rings. The van der Waals surface area contributed by atoms with Crippen LogP contribution in [0.25, 0.3) is 0 Å². The van der Waals surface area contributed by atoms with Gasteiger partial charge in [-0.3, -0.25) is 0 Å². The fourth-order valence-electron chi connectivity index (χ4n) is 1.69. The second-order valence-electron chi connectivity index (χ2n) is 4.63. The number of ether oxygens (including phenoxy) is 1. The molecule has 0 amide bonds. The van der Waals surface area contributed by atoms with Gasteiger partial charge < -0.3 is 15.2 Å². The molecule has 0 heterocycles. The first-order valence-electron chi connectivity index (χ1n) is 6.33. The lowest BCUT2D eigenvalue weighted by molar-refractivity contribution is 0.107. The van der Waals surface area contributed by atoms with Crippen molar-refractivity contribution in [3.63, 3.8) is 0 Å². The molecule has 0 saturated heterocycles. The Labute approximate surface area is 114 Å². The summed E-state index contributed by atoms with van der Waals surface area (Å²) in [5, 5.41) is 13.7. The second kappa shape index (κ2) is 7.62. The number of aromatic hydroxyl groups is 1. The third kappa shape index (κ3) is 4.48. The third-order valence-electron chi connectivity index (χ3n) is 2.94. The van der Waals surface area contributed by atoms with Crippen LogP contribution in [0.3, 0.4) is 0 Å². The maximum atomic E-state index is 9.76. The van der Waals surface area contributed by atoms with Crippen molar-refractivity contribution in [3.05, 3.63) is 28.8 Å². The normalized spacial score (nSPS) is 12.9. The van der Waals surface area contributed by atoms with Crippen molar-refractivity contribution < 1.29 is 9.84 Å². The molecular formula is C14H22ClNO2. The van der Waals surface area contributed by atoms with E-state index in [-0.39, 0.29) is 11.8 Å². The van der Waals surface area contributed by atoms with E-state index in [0.29, 0.717) is 30.7 Å². The Balaban J connectivity index is 2.61. The summed E-state index contributed by atoms with van der Waals surface area (Å²) in [5.41, 5.74) is 0.737. The van der Waals surface area contributed by atoms with Gasteiger partial charge in [-0.25, -0.2) is 0 Å². The Hall–Kier alpha value is -0.770. The number of nitrogens with one attached hydrogen (secondary N) is 1. The van der Waals surface area contributed by atoms with Crippen molar-refractivity contribution in [2.75, 3.05) is 13.2 Å². The molecule has 1 rings (SSSR count). The number of hydrogen-bond acceptors (Lipinski definition) is 3. The SMILES string of the molecule is CCOCC(NCc1c(O)cccc1Cl)C(C)C. The van der Waals surface area contributed by atoms with E-state index in [4.69, 9.17) is 16.3 Å². The van der Waals surface area contributed by atoms with Crippen LogP contribution in [0.2, 0.25) is 5.02 Å². The summed E-state index contributed by atoms with van der Waals surface area (Å²) in [5.74, 6) is 0.690. The molecule has 1 atom stereocenters. The maximum Gasteiger partial charge on any atom is 0.121 e. The van der Waals surface area contributed by atoms with Crippen LogP contribution in [0.4, 0.5) is 0 Å². The smallest absolute Gasteiger partial charge is 0.121 e. The minimum absolute atomic E-state index is 0.230. The lowest BCUT2D eigenvalue weighted by Crippen LogP contribution is -2.37. The molecule has 102 valence electrons. The fraction of sp³-hybridized carbons (Fsp3) is 0.571. The predicted molar refractivity (Wildman–Crippen MR) is 75.1 cm³/mol. The molecule has 0 spiro atoms. The Bertz CT molecular complexity index is 349.